The van der Waals surface area contributed by atoms with Crippen LogP contribution in [0.1, 0.15) is 12.0 Å². The molecule has 2 aromatic rings. The van der Waals surface area contributed by atoms with Gasteiger partial charge in [0.15, 0.2) is 0 Å². The van der Waals surface area contributed by atoms with E-state index in [4.69, 9.17) is 4.99 Å². The van der Waals surface area contributed by atoms with Gasteiger partial charge in [0.25, 0.3) is 0 Å². The van der Waals surface area contributed by atoms with Crippen molar-refractivity contribution in [2.24, 2.45) is 4.99 Å². The van der Waals surface area contributed by atoms with Crippen molar-refractivity contribution in [2.45, 2.75) is 16.2 Å². The molecule has 1 heterocycles. The maximum absolute atomic E-state index is 4.84. The summed E-state index contributed by atoms with van der Waals surface area (Å²) >= 11 is 1.82. The predicted molar refractivity (Wildman–Crippen MR) is 75.6 cm³/mol. The number of hydrogen-bond donors (Lipinski definition) is 0. The molecule has 2 aliphatic rings. The van der Waals surface area contributed by atoms with Gasteiger partial charge in [-0.3, -0.25) is 0 Å². The number of nitrogens with zero attached hydrogens (tertiary/aromatic N) is 1. The summed E-state index contributed by atoms with van der Waals surface area (Å²) in [5.74, 6) is 0. The third-order valence-electron chi connectivity index (χ3n) is 3.29. The highest BCUT2D eigenvalue weighted by molar-refractivity contribution is 7.99. The smallest absolute Gasteiger partial charge is 0.0851 e. The summed E-state index contributed by atoms with van der Waals surface area (Å²) in [5, 5.41) is 2.43. The van der Waals surface area contributed by atoms with Crippen molar-refractivity contribution in [3.63, 3.8) is 0 Å². The minimum atomic E-state index is 1.01. The van der Waals surface area contributed by atoms with E-state index in [1.807, 2.05) is 17.8 Å². The molecule has 0 fully saturated rings. The summed E-state index contributed by atoms with van der Waals surface area (Å²) in [6, 6.07) is 12.7. The van der Waals surface area contributed by atoms with Crippen LogP contribution in [0.25, 0.3) is 12.2 Å². The molecule has 0 N–H and O–H groups in total. The van der Waals surface area contributed by atoms with Crippen LogP contribution >= 0.6 is 11.8 Å². The summed E-state index contributed by atoms with van der Waals surface area (Å²) in [6.07, 6.45) is 7.66. The highest BCUT2D eigenvalue weighted by Crippen LogP contribution is 2.35. The van der Waals surface area contributed by atoms with E-state index in [-0.39, 0.29) is 0 Å². The second-order valence-electron chi connectivity index (χ2n) is 4.44. The zero-order valence-electron chi connectivity index (χ0n) is 9.76. The van der Waals surface area contributed by atoms with Gasteiger partial charge >= 0.3 is 0 Å². The summed E-state index contributed by atoms with van der Waals surface area (Å²) in [4.78, 5) is 7.35. The second-order valence-corrected chi connectivity index (χ2v) is 5.52. The lowest BCUT2D eigenvalue weighted by Crippen LogP contribution is -2.31. The van der Waals surface area contributed by atoms with Crippen molar-refractivity contribution in [3.8, 4) is 0 Å². The Hall–Kier alpha value is -1.80. The lowest BCUT2D eigenvalue weighted by atomic mass is 10.1. The summed E-state index contributed by atoms with van der Waals surface area (Å²) in [7, 11) is 0. The van der Waals surface area contributed by atoms with Crippen molar-refractivity contribution < 1.29 is 0 Å². The number of para-hydroxylation sites is 1. The largest absolute Gasteiger partial charge is 0.246 e. The van der Waals surface area contributed by atoms with Crippen LogP contribution in [0.5, 0.6) is 0 Å². The van der Waals surface area contributed by atoms with Crippen LogP contribution in [0, 0.1) is 0 Å². The summed E-state index contributed by atoms with van der Waals surface area (Å²) in [6.45, 7) is 0. The molecule has 0 radical (unpaired) electrons. The molecule has 0 bridgehead atoms. The van der Waals surface area contributed by atoms with Gasteiger partial charge < -0.3 is 0 Å². The second kappa shape index (κ2) is 3.85. The van der Waals surface area contributed by atoms with Crippen molar-refractivity contribution in [2.75, 3.05) is 0 Å². The molecule has 0 saturated carbocycles. The molecule has 0 unspecified atom stereocenters. The van der Waals surface area contributed by atoms with E-state index >= 15 is 0 Å². The standard InChI is InChI=1S/C16H11NS/c1-2-6-12-11(5-1)9-10-15-16(12)17-13-7-3-4-8-14(13)18-15/h1,3-10H,2H2. The van der Waals surface area contributed by atoms with Gasteiger partial charge in [0.1, 0.15) is 0 Å². The lowest BCUT2D eigenvalue weighted by Gasteiger charge is -2.13. The fraction of sp³-hybridized carbons (Fsp3) is 0.0625. The maximum Gasteiger partial charge on any atom is 0.0851 e. The number of fused-ring (bicyclic) bond motifs is 4. The van der Waals surface area contributed by atoms with Crippen LogP contribution in [-0.4, -0.2) is 0 Å². The van der Waals surface area contributed by atoms with Crippen LogP contribution in [0.3, 0.4) is 0 Å². The number of rotatable bonds is 0. The Morgan fingerprint density at radius 2 is 1.94 bits per heavy atom. The first kappa shape index (κ1) is 10.2. The van der Waals surface area contributed by atoms with Crippen molar-refractivity contribution >= 4 is 29.6 Å². The van der Waals surface area contributed by atoms with Gasteiger partial charge in [-0.2, -0.15) is 0 Å². The average molecular weight is 249 g/mol. The molecule has 2 heteroatoms. The third kappa shape index (κ3) is 1.46. The first-order valence-electron chi connectivity index (χ1n) is 6.07. The Bertz CT molecular complexity index is 787. The Labute approximate surface area is 110 Å². The highest BCUT2D eigenvalue weighted by Gasteiger charge is 2.12. The summed E-state index contributed by atoms with van der Waals surface area (Å²) < 4.78 is 0. The van der Waals surface area contributed by atoms with E-state index in [1.165, 1.54) is 20.6 Å². The average Bonchev–Trinajstić information content (AvgIpc) is 2.45. The van der Waals surface area contributed by atoms with E-state index in [0.717, 1.165) is 17.5 Å². The highest BCUT2D eigenvalue weighted by atomic mass is 32.2. The quantitative estimate of drug-likeness (QED) is 0.595. The van der Waals surface area contributed by atoms with Crippen LogP contribution < -0.4 is 10.6 Å². The van der Waals surface area contributed by atoms with E-state index in [0.29, 0.717) is 0 Å². The SMILES string of the molecule is C1=Cc2ccc3c(c2=CC1)=Nc1ccccc1S3. The van der Waals surface area contributed by atoms with E-state index < -0.39 is 0 Å². The molecule has 18 heavy (non-hydrogen) atoms. The molecular formula is C16H11NS. The summed E-state index contributed by atoms with van der Waals surface area (Å²) in [5.41, 5.74) is 2.37. The van der Waals surface area contributed by atoms with Crippen LogP contribution in [-0.2, 0) is 0 Å². The Kier molecular flexibility index (Phi) is 2.17. The minimum Gasteiger partial charge on any atom is -0.246 e. The fourth-order valence-corrected chi connectivity index (χ4v) is 3.41. The first-order chi connectivity index (χ1) is 8.92. The van der Waals surface area contributed by atoms with Gasteiger partial charge in [-0.15, -0.1) is 0 Å². The fourth-order valence-electron chi connectivity index (χ4n) is 2.42. The van der Waals surface area contributed by atoms with Crippen molar-refractivity contribution in [1.82, 2.24) is 0 Å². The van der Waals surface area contributed by atoms with Crippen molar-refractivity contribution in [1.29, 1.82) is 0 Å². The van der Waals surface area contributed by atoms with Gasteiger partial charge in [0.2, 0.25) is 0 Å². The normalized spacial score (nSPS) is 14.9. The molecule has 0 atom stereocenters. The monoisotopic (exact) mass is 249 g/mol. The molecule has 86 valence electrons. The van der Waals surface area contributed by atoms with Gasteiger partial charge in [-0.25, -0.2) is 4.99 Å². The molecule has 2 aromatic carbocycles. The number of benzene rings is 2. The van der Waals surface area contributed by atoms with Crippen molar-refractivity contribution in [3.05, 3.63) is 58.6 Å². The maximum atomic E-state index is 4.84. The predicted octanol–water partition coefficient (Wildman–Crippen LogP) is 3.30. The van der Waals surface area contributed by atoms with Gasteiger partial charge in [-0.05, 0) is 30.2 Å². The molecule has 0 aromatic heterocycles. The van der Waals surface area contributed by atoms with E-state index in [1.54, 1.807) is 0 Å². The molecule has 1 aliphatic carbocycles. The van der Waals surface area contributed by atoms with E-state index in [9.17, 15) is 0 Å². The molecular weight excluding hydrogens is 238 g/mol. The Morgan fingerprint density at radius 3 is 2.94 bits per heavy atom. The molecule has 0 spiro atoms. The minimum absolute atomic E-state index is 1.01. The van der Waals surface area contributed by atoms with Gasteiger partial charge in [-0.1, -0.05) is 48.2 Å². The Morgan fingerprint density at radius 1 is 1.00 bits per heavy atom. The van der Waals surface area contributed by atoms with E-state index in [2.05, 4.69) is 48.6 Å². The lowest BCUT2D eigenvalue weighted by molar-refractivity contribution is 1.13. The molecule has 0 amide bonds. The zero-order chi connectivity index (χ0) is 11.9. The molecule has 0 saturated heterocycles. The number of allylic oxidation sites excluding steroid dienone is 1. The Balaban J connectivity index is 2.11. The first-order valence-corrected chi connectivity index (χ1v) is 6.89. The van der Waals surface area contributed by atoms with Crippen LogP contribution in [0.2, 0.25) is 0 Å². The zero-order valence-corrected chi connectivity index (χ0v) is 10.6. The van der Waals surface area contributed by atoms with Gasteiger partial charge in [0.05, 0.1) is 11.0 Å². The topological polar surface area (TPSA) is 12.4 Å². The number of hydrogen-bond acceptors (Lipinski definition) is 2. The third-order valence-corrected chi connectivity index (χ3v) is 4.40. The molecule has 4 rings (SSSR count). The van der Waals surface area contributed by atoms with Gasteiger partial charge in [0, 0.05) is 15.0 Å². The van der Waals surface area contributed by atoms with Crippen LogP contribution in [0.4, 0.5) is 5.69 Å². The van der Waals surface area contributed by atoms with Crippen LogP contribution in [0.15, 0.2) is 57.3 Å². The molecule has 1 nitrogen and oxygen atoms in total. The molecule has 1 aliphatic heterocycles.